The number of alkyl halides is 3. The van der Waals surface area contributed by atoms with Crippen LogP contribution in [0.5, 0.6) is 0 Å². The average Bonchev–Trinajstić information content (AvgIpc) is 1.94. The van der Waals surface area contributed by atoms with Gasteiger partial charge in [0.15, 0.2) is 0 Å². The van der Waals surface area contributed by atoms with Crippen LogP contribution in [0.15, 0.2) is 0 Å². The van der Waals surface area contributed by atoms with Crippen molar-refractivity contribution in [1.29, 1.82) is 0 Å². The van der Waals surface area contributed by atoms with Crippen LogP contribution in [-0.2, 0) is 9.53 Å². The minimum atomic E-state index is -4.45. The van der Waals surface area contributed by atoms with Crippen LogP contribution in [0.2, 0.25) is 0 Å². The highest BCUT2D eigenvalue weighted by Crippen LogP contribution is 2.28. The van der Waals surface area contributed by atoms with E-state index >= 15 is 0 Å². The van der Waals surface area contributed by atoms with E-state index in [4.69, 9.17) is 10.5 Å². The van der Waals surface area contributed by atoms with Crippen LogP contribution in [0.25, 0.3) is 0 Å². The second-order valence-electron chi connectivity index (χ2n) is 4.26. The van der Waals surface area contributed by atoms with E-state index in [1.54, 1.807) is 20.8 Å². The molecule has 0 aliphatic rings. The summed E-state index contributed by atoms with van der Waals surface area (Å²) in [6.45, 7) is 4.17. The lowest BCUT2D eigenvalue weighted by Crippen LogP contribution is -2.34. The number of nitrogens with two attached hydrogens (primary N) is 1. The van der Waals surface area contributed by atoms with Gasteiger partial charge >= 0.3 is 12.1 Å². The molecule has 0 saturated heterocycles. The molecule has 2 N–H and O–H groups in total. The summed E-state index contributed by atoms with van der Waals surface area (Å²) in [4.78, 5) is 11.1. The Morgan fingerprint density at radius 2 is 1.80 bits per heavy atom. The Morgan fingerprint density at radius 1 is 1.33 bits per heavy atom. The van der Waals surface area contributed by atoms with Crippen molar-refractivity contribution in [3.05, 3.63) is 0 Å². The van der Waals surface area contributed by atoms with Gasteiger partial charge in [-0.05, 0) is 20.8 Å². The van der Waals surface area contributed by atoms with Crippen molar-refractivity contribution in [2.24, 2.45) is 11.7 Å². The highest BCUT2D eigenvalue weighted by molar-refractivity contribution is 5.70. The molecule has 0 rings (SSSR count). The Hall–Kier alpha value is -0.780. The molecule has 0 aliphatic heterocycles. The fraction of sp³-hybridized carbons (Fsp3) is 0.889. The third-order valence-corrected chi connectivity index (χ3v) is 1.58. The van der Waals surface area contributed by atoms with Gasteiger partial charge in [0.05, 0.1) is 12.3 Å². The molecule has 0 aromatic carbocycles. The van der Waals surface area contributed by atoms with Gasteiger partial charge in [-0.25, -0.2) is 0 Å². The summed E-state index contributed by atoms with van der Waals surface area (Å²) in [7, 11) is 0. The lowest BCUT2D eigenvalue weighted by Gasteiger charge is -2.22. The highest BCUT2D eigenvalue weighted by atomic mass is 19.4. The Kier molecular flexibility index (Phi) is 4.58. The van der Waals surface area contributed by atoms with Crippen molar-refractivity contribution >= 4 is 5.97 Å². The van der Waals surface area contributed by atoms with Crippen molar-refractivity contribution in [3.8, 4) is 0 Å². The van der Waals surface area contributed by atoms with Crippen molar-refractivity contribution in [2.45, 2.75) is 39.0 Å². The summed E-state index contributed by atoms with van der Waals surface area (Å²) in [5.41, 5.74) is 4.17. The van der Waals surface area contributed by atoms with Crippen LogP contribution in [0, 0.1) is 5.92 Å². The predicted octanol–water partition coefficient (Wildman–Crippen LogP) is 1.86. The molecule has 0 aromatic rings. The molecule has 0 saturated carbocycles. The van der Waals surface area contributed by atoms with Gasteiger partial charge in [-0.1, -0.05) is 0 Å². The zero-order chi connectivity index (χ0) is 12.3. The van der Waals surface area contributed by atoms with Gasteiger partial charge in [-0.3, -0.25) is 4.79 Å². The molecule has 0 aromatic heterocycles. The Labute approximate surface area is 86.8 Å². The second-order valence-corrected chi connectivity index (χ2v) is 4.26. The molecule has 0 aliphatic carbocycles. The highest BCUT2D eigenvalue weighted by Gasteiger charge is 2.40. The fourth-order valence-electron chi connectivity index (χ4n) is 0.917. The number of ether oxygens (including phenoxy) is 1. The number of hydrogen-bond acceptors (Lipinski definition) is 3. The van der Waals surface area contributed by atoms with E-state index in [0.717, 1.165) is 0 Å². The van der Waals surface area contributed by atoms with E-state index in [1.807, 2.05) is 0 Å². The molecule has 0 radical (unpaired) electrons. The third kappa shape index (κ3) is 6.33. The van der Waals surface area contributed by atoms with E-state index in [2.05, 4.69) is 0 Å². The van der Waals surface area contributed by atoms with Crippen molar-refractivity contribution in [1.82, 2.24) is 0 Å². The fourth-order valence-corrected chi connectivity index (χ4v) is 0.917. The molecule has 90 valence electrons. The van der Waals surface area contributed by atoms with Gasteiger partial charge in [0.25, 0.3) is 0 Å². The molecular weight excluding hydrogens is 211 g/mol. The first-order valence-corrected chi connectivity index (χ1v) is 4.55. The molecular formula is C9H16F3NO2. The predicted molar refractivity (Wildman–Crippen MR) is 49.1 cm³/mol. The zero-order valence-corrected chi connectivity index (χ0v) is 9.02. The molecule has 3 nitrogen and oxygen atoms in total. The quantitative estimate of drug-likeness (QED) is 0.748. The maximum Gasteiger partial charge on any atom is 0.393 e. The minimum absolute atomic E-state index is 0.608. The maximum absolute atomic E-state index is 12.2. The lowest BCUT2D eigenvalue weighted by atomic mass is 10.1. The summed E-state index contributed by atoms with van der Waals surface area (Å²) >= 11 is 0. The summed E-state index contributed by atoms with van der Waals surface area (Å²) in [6, 6.07) is 0. The van der Waals surface area contributed by atoms with Crippen LogP contribution in [0.1, 0.15) is 27.2 Å². The van der Waals surface area contributed by atoms with Gasteiger partial charge in [0, 0.05) is 6.54 Å². The number of hydrogen-bond donors (Lipinski definition) is 1. The summed E-state index contributed by atoms with van der Waals surface area (Å²) in [5, 5.41) is 0. The van der Waals surface area contributed by atoms with Gasteiger partial charge in [0.2, 0.25) is 0 Å². The molecule has 0 amide bonds. The number of rotatable bonds is 3. The molecule has 0 spiro atoms. The largest absolute Gasteiger partial charge is 0.460 e. The van der Waals surface area contributed by atoms with E-state index in [9.17, 15) is 18.0 Å². The molecule has 6 heteroatoms. The van der Waals surface area contributed by atoms with E-state index in [0.29, 0.717) is 0 Å². The molecule has 0 bridgehead atoms. The van der Waals surface area contributed by atoms with Crippen molar-refractivity contribution in [3.63, 3.8) is 0 Å². The zero-order valence-electron chi connectivity index (χ0n) is 9.02. The van der Waals surface area contributed by atoms with Gasteiger partial charge in [0.1, 0.15) is 5.60 Å². The van der Waals surface area contributed by atoms with Crippen molar-refractivity contribution < 1.29 is 22.7 Å². The molecule has 1 unspecified atom stereocenters. The van der Waals surface area contributed by atoms with E-state index in [-0.39, 0.29) is 0 Å². The Bertz CT molecular complexity index is 220. The smallest absolute Gasteiger partial charge is 0.393 e. The monoisotopic (exact) mass is 227 g/mol. The first kappa shape index (κ1) is 14.2. The summed E-state index contributed by atoms with van der Waals surface area (Å²) in [5.74, 6) is -2.71. The van der Waals surface area contributed by atoms with Crippen LogP contribution >= 0.6 is 0 Å². The average molecular weight is 227 g/mol. The minimum Gasteiger partial charge on any atom is -0.460 e. The van der Waals surface area contributed by atoms with Crippen molar-refractivity contribution in [2.75, 3.05) is 6.54 Å². The van der Waals surface area contributed by atoms with Crippen LogP contribution < -0.4 is 5.73 Å². The van der Waals surface area contributed by atoms with E-state index < -0.39 is 36.6 Å². The SMILES string of the molecule is CC(C)(C)OC(=O)CC(CN)C(F)(F)F. The lowest BCUT2D eigenvalue weighted by molar-refractivity contribution is -0.186. The normalized spacial score (nSPS) is 14.9. The number of halogens is 3. The summed E-state index contributed by atoms with van der Waals surface area (Å²) in [6.07, 6.45) is -5.18. The number of carbonyl (C=O) groups excluding carboxylic acids is 1. The first-order valence-electron chi connectivity index (χ1n) is 4.55. The molecule has 0 heterocycles. The van der Waals surface area contributed by atoms with Gasteiger partial charge < -0.3 is 10.5 Å². The number of esters is 1. The van der Waals surface area contributed by atoms with E-state index in [1.165, 1.54) is 0 Å². The summed E-state index contributed by atoms with van der Waals surface area (Å²) < 4.78 is 41.4. The molecule has 1 atom stereocenters. The number of carbonyl (C=O) groups is 1. The standard InChI is InChI=1S/C9H16F3NO2/c1-8(2,3)15-7(14)4-6(5-13)9(10,11)12/h6H,4-5,13H2,1-3H3. The second kappa shape index (κ2) is 4.83. The maximum atomic E-state index is 12.2. The van der Waals surface area contributed by atoms with Gasteiger partial charge in [-0.2, -0.15) is 13.2 Å². The molecule has 15 heavy (non-hydrogen) atoms. The van der Waals surface area contributed by atoms with Crippen LogP contribution in [0.3, 0.4) is 0 Å². The topological polar surface area (TPSA) is 52.3 Å². The Morgan fingerprint density at radius 3 is 2.07 bits per heavy atom. The first-order chi connectivity index (χ1) is 6.56. The van der Waals surface area contributed by atoms with Gasteiger partial charge in [-0.15, -0.1) is 0 Å². The Balaban J connectivity index is 4.27. The molecule has 0 fully saturated rings. The third-order valence-electron chi connectivity index (χ3n) is 1.58. The van der Waals surface area contributed by atoms with Crippen LogP contribution in [0.4, 0.5) is 13.2 Å². The van der Waals surface area contributed by atoms with Crippen LogP contribution in [-0.4, -0.2) is 24.3 Å².